The number of aryl methyl sites for hydroxylation is 1. The fraction of sp³-hybridized carbons (Fsp3) is 0.667. The summed E-state index contributed by atoms with van der Waals surface area (Å²) in [6, 6.07) is -0.504. The van der Waals surface area contributed by atoms with Crippen LogP contribution in [0.4, 0.5) is 0 Å². The number of hydrogen-bond donors (Lipinski definition) is 1. The lowest BCUT2D eigenvalue weighted by atomic mass is 10.3. The van der Waals surface area contributed by atoms with Crippen LogP contribution in [-0.4, -0.2) is 44.7 Å². The molecule has 1 aromatic heterocycles. The van der Waals surface area contributed by atoms with Gasteiger partial charge in [0.15, 0.2) is 6.29 Å². The summed E-state index contributed by atoms with van der Waals surface area (Å²) in [5.41, 5.74) is 0. The lowest BCUT2D eigenvalue weighted by molar-refractivity contribution is -0.115. The normalized spacial score (nSPS) is 14.2. The summed E-state index contributed by atoms with van der Waals surface area (Å²) in [5, 5.41) is 3.81. The fourth-order valence-corrected chi connectivity index (χ4v) is 2.62. The van der Waals surface area contributed by atoms with E-state index in [9.17, 15) is 8.42 Å². The Hall–Kier alpha value is -0.960. The van der Waals surface area contributed by atoms with Crippen molar-refractivity contribution in [3.63, 3.8) is 0 Å². The highest BCUT2D eigenvalue weighted by Crippen LogP contribution is 2.09. The summed E-state index contributed by atoms with van der Waals surface area (Å²) in [5.74, 6) is 0. The number of aromatic nitrogens is 2. The van der Waals surface area contributed by atoms with Crippen molar-refractivity contribution in [1.82, 2.24) is 14.5 Å². The molecule has 1 N–H and O–H groups in total. The summed E-state index contributed by atoms with van der Waals surface area (Å²) in [6.07, 6.45) is 2.06. The van der Waals surface area contributed by atoms with E-state index < -0.39 is 22.4 Å². The molecule has 0 aliphatic heterocycles. The average molecular weight is 263 g/mol. The zero-order valence-electron chi connectivity index (χ0n) is 10.2. The van der Waals surface area contributed by atoms with Crippen LogP contribution in [0.15, 0.2) is 17.3 Å². The van der Waals surface area contributed by atoms with E-state index >= 15 is 0 Å². The van der Waals surface area contributed by atoms with Gasteiger partial charge in [0.25, 0.3) is 0 Å². The third kappa shape index (κ3) is 3.50. The first kappa shape index (κ1) is 14.1. The molecule has 0 aliphatic carbocycles. The second kappa shape index (κ2) is 5.58. The lowest BCUT2D eigenvalue weighted by Crippen LogP contribution is -2.42. The average Bonchev–Trinajstić information content (AvgIpc) is 2.66. The summed E-state index contributed by atoms with van der Waals surface area (Å²) in [4.78, 5) is 0.109. The van der Waals surface area contributed by atoms with Gasteiger partial charge in [-0.2, -0.15) is 5.10 Å². The molecule has 1 aromatic rings. The predicted molar refractivity (Wildman–Crippen MR) is 60.8 cm³/mol. The minimum absolute atomic E-state index is 0.109. The van der Waals surface area contributed by atoms with Gasteiger partial charge in [0.1, 0.15) is 4.90 Å². The number of sulfonamides is 1. The molecule has 0 aromatic carbocycles. The van der Waals surface area contributed by atoms with Crippen molar-refractivity contribution in [3.05, 3.63) is 12.4 Å². The minimum Gasteiger partial charge on any atom is -0.354 e. The van der Waals surface area contributed by atoms with Gasteiger partial charge in [0.2, 0.25) is 10.0 Å². The molecular weight excluding hydrogens is 246 g/mol. The highest BCUT2D eigenvalue weighted by molar-refractivity contribution is 7.89. The van der Waals surface area contributed by atoms with Crippen LogP contribution in [0.2, 0.25) is 0 Å². The molecule has 8 heteroatoms. The number of hydrogen-bond acceptors (Lipinski definition) is 5. The third-order valence-corrected chi connectivity index (χ3v) is 3.72. The van der Waals surface area contributed by atoms with Gasteiger partial charge in [-0.05, 0) is 6.92 Å². The summed E-state index contributed by atoms with van der Waals surface area (Å²) < 4.78 is 37.7. The van der Waals surface area contributed by atoms with Gasteiger partial charge in [-0.3, -0.25) is 4.68 Å². The van der Waals surface area contributed by atoms with Crippen LogP contribution in [0.25, 0.3) is 0 Å². The molecule has 0 amide bonds. The van der Waals surface area contributed by atoms with Gasteiger partial charge < -0.3 is 9.47 Å². The number of methoxy groups -OCH3 is 2. The van der Waals surface area contributed by atoms with Crippen molar-refractivity contribution in [2.24, 2.45) is 7.05 Å². The molecule has 17 heavy (non-hydrogen) atoms. The first-order valence-corrected chi connectivity index (χ1v) is 6.45. The maximum absolute atomic E-state index is 11.9. The Bertz CT molecular complexity index is 453. The molecule has 98 valence electrons. The monoisotopic (exact) mass is 263 g/mol. The van der Waals surface area contributed by atoms with Crippen LogP contribution >= 0.6 is 0 Å². The maximum Gasteiger partial charge on any atom is 0.244 e. The van der Waals surface area contributed by atoms with Crippen molar-refractivity contribution in [2.75, 3.05) is 14.2 Å². The van der Waals surface area contributed by atoms with Gasteiger partial charge in [-0.15, -0.1) is 0 Å². The van der Waals surface area contributed by atoms with Crippen LogP contribution in [0.5, 0.6) is 0 Å². The van der Waals surface area contributed by atoms with E-state index in [-0.39, 0.29) is 4.90 Å². The van der Waals surface area contributed by atoms with E-state index in [1.807, 2.05) is 0 Å². The van der Waals surface area contributed by atoms with E-state index in [1.165, 1.54) is 31.3 Å². The Morgan fingerprint density at radius 1 is 1.41 bits per heavy atom. The molecule has 0 bridgehead atoms. The molecule has 0 saturated heterocycles. The SMILES string of the molecule is COC(OC)C(C)NS(=O)(=O)c1cnn(C)c1. The molecule has 1 heterocycles. The zero-order valence-corrected chi connectivity index (χ0v) is 11.1. The lowest BCUT2D eigenvalue weighted by Gasteiger charge is -2.21. The molecule has 1 rings (SSSR count). The standard InChI is InChI=1S/C9H17N3O4S/c1-7(9(15-3)16-4)11-17(13,14)8-5-10-12(2)6-8/h5-7,9,11H,1-4H3. The van der Waals surface area contributed by atoms with Crippen molar-refractivity contribution in [2.45, 2.75) is 24.2 Å². The van der Waals surface area contributed by atoms with Crippen LogP contribution in [0, 0.1) is 0 Å². The van der Waals surface area contributed by atoms with E-state index in [0.29, 0.717) is 0 Å². The van der Waals surface area contributed by atoms with Crippen molar-refractivity contribution >= 4 is 10.0 Å². The van der Waals surface area contributed by atoms with Crippen LogP contribution in [-0.2, 0) is 26.5 Å². The van der Waals surface area contributed by atoms with E-state index in [0.717, 1.165) is 0 Å². The fourth-order valence-electron chi connectivity index (χ4n) is 1.41. The molecule has 1 unspecified atom stereocenters. The number of rotatable bonds is 6. The number of nitrogens with one attached hydrogen (secondary N) is 1. The third-order valence-electron chi connectivity index (χ3n) is 2.21. The smallest absolute Gasteiger partial charge is 0.244 e. The van der Waals surface area contributed by atoms with Crippen molar-refractivity contribution in [3.8, 4) is 0 Å². The highest BCUT2D eigenvalue weighted by Gasteiger charge is 2.24. The van der Waals surface area contributed by atoms with Gasteiger partial charge in [-0.25, -0.2) is 13.1 Å². The van der Waals surface area contributed by atoms with Gasteiger partial charge in [0, 0.05) is 27.5 Å². The molecule has 0 radical (unpaired) electrons. The molecule has 7 nitrogen and oxygen atoms in total. The summed E-state index contributed by atoms with van der Waals surface area (Å²) >= 11 is 0. The van der Waals surface area contributed by atoms with E-state index in [2.05, 4.69) is 9.82 Å². The molecule has 0 aliphatic rings. The zero-order chi connectivity index (χ0) is 13.1. The first-order valence-electron chi connectivity index (χ1n) is 4.97. The van der Waals surface area contributed by atoms with Gasteiger partial charge in [-0.1, -0.05) is 0 Å². The van der Waals surface area contributed by atoms with Crippen LogP contribution in [0.1, 0.15) is 6.92 Å². The Balaban J connectivity index is 2.80. The van der Waals surface area contributed by atoms with Crippen molar-refractivity contribution < 1.29 is 17.9 Å². The van der Waals surface area contributed by atoms with Crippen LogP contribution in [0.3, 0.4) is 0 Å². The quantitative estimate of drug-likeness (QED) is 0.713. The topological polar surface area (TPSA) is 82.4 Å². The summed E-state index contributed by atoms with van der Waals surface area (Å²) in [7, 11) is 0.946. The van der Waals surface area contributed by atoms with Crippen LogP contribution < -0.4 is 4.72 Å². The number of nitrogens with zero attached hydrogens (tertiary/aromatic N) is 2. The summed E-state index contributed by atoms with van der Waals surface area (Å²) in [6.45, 7) is 1.66. The minimum atomic E-state index is -3.60. The molecule has 1 atom stereocenters. The Morgan fingerprint density at radius 3 is 2.41 bits per heavy atom. The van der Waals surface area contributed by atoms with E-state index in [1.54, 1.807) is 14.0 Å². The largest absolute Gasteiger partial charge is 0.354 e. The molecule has 0 spiro atoms. The van der Waals surface area contributed by atoms with Gasteiger partial charge in [0.05, 0.1) is 12.2 Å². The highest BCUT2D eigenvalue weighted by atomic mass is 32.2. The Kier molecular flexibility index (Phi) is 4.63. The number of ether oxygens (including phenoxy) is 2. The first-order chi connectivity index (χ1) is 7.90. The molecule has 0 saturated carbocycles. The second-order valence-corrected chi connectivity index (χ2v) is 5.31. The second-order valence-electron chi connectivity index (χ2n) is 3.60. The Morgan fingerprint density at radius 2 is 2.00 bits per heavy atom. The van der Waals surface area contributed by atoms with Gasteiger partial charge >= 0.3 is 0 Å². The Labute approximate surface area is 101 Å². The van der Waals surface area contributed by atoms with E-state index in [4.69, 9.17) is 9.47 Å². The molecule has 0 fully saturated rings. The maximum atomic E-state index is 11.9. The van der Waals surface area contributed by atoms with Crippen molar-refractivity contribution in [1.29, 1.82) is 0 Å². The predicted octanol–water partition coefficient (Wildman–Crippen LogP) is -0.294. The molecular formula is C9H17N3O4S.